The number of benzene rings is 1. The van der Waals surface area contributed by atoms with Crippen LogP contribution in [-0.2, 0) is 5.75 Å². The number of rotatable bonds is 3. The Kier molecular flexibility index (Phi) is 4.68. The van der Waals surface area contributed by atoms with Crippen LogP contribution in [0.5, 0.6) is 5.88 Å². The summed E-state index contributed by atoms with van der Waals surface area (Å²) in [5.74, 6) is 0.748. The van der Waals surface area contributed by atoms with Crippen LogP contribution in [0.2, 0.25) is 0 Å². The molecule has 0 saturated carbocycles. The van der Waals surface area contributed by atoms with E-state index < -0.39 is 0 Å². The molecule has 1 aromatic carbocycles. The van der Waals surface area contributed by atoms with Crippen LogP contribution in [0, 0.1) is 3.57 Å². The van der Waals surface area contributed by atoms with Gasteiger partial charge in [-0.1, -0.05) is 15.9 Å². The SMILES string of the molecule is O=c1[nH]c(CSc2ccc(Br)cc2)nc(O)c1I. The Morgan fingerprint density at radius 2 is 2.06 bits per heavy atom. The number of nitrogens with zero attached hydrogens (tertiary/aromatic N) is 1. The molecule has 0 fully saturated rings. The molecule has 1 heterocycles. The third kappa shape index (κ3) is 3.48. The van der Waals surface area contributed by atoms with E-state index in [4.69, 9.17) is 0 Å². The second kappa shape index (κ2) is 6.07. The quantitative estimate of drug-likeness (QED) is 0.570. The van der Waals surface area contributed by atoms with Crippen LogP contribution in [0.4, 0.5) is 0 Å². The lowest BCUT2D eigenvalue weighted by Gasteiger charge is -2.03. The van der Waals surface area contributed by atoms with Crippen LogP contribution in [-0.4, -0.2) is 15.1 Å². The standard InChI is InChI=1S/C11H8BrIN2O2S/c12-6-1-3-7(4-2-6)18-5-8-14-10(16)9(13)11(17)15-8/h1-4H,5H2,(H2,14,15,16,17). The first kappa shape index (κ1) is 13.9. The van der Waals surface area contributed by atoms with E-state index in [-0.39, 0.29) is 15.0 Å². The predicted octanol–water partition coefficient (Wildman–Crippen LogP) is 3.13. The molecule has 0 aliphatic heterocycles. The van der Waals surface area contributed by atoms with Crippen LogP contribution in [0.3, 0.4) is 0 Å². The molecule has 7 heteroatoms. The van der Waals surface area contributed by atoms with E-state index in [0.717, 1.165) is 9.37 Å². The fraction of sp³-hybridized carbons (Fsp3) is 0.0909. The largest absolute Gasteiger partial charge is 0.492 e. The molecule has 2 rings (SSSR count). The highest BCUT2D eigenvalue weighted by Gasteiger charge is 2.07. The average Bonchev–Trinajstić information content (AvgIpc) is 2.35. The minimum absolute atomic E-state index is 0.213. The van der Waals surface area contributed by atoms with Crippen molar-refractivity contribution in [1.82, 2.24) is 9.97 Å². The summed E-state index contributed by atoms with van der Waals surface area (Å²) in [5, 5.41) is 9.46. The maximum Gasteiger partial charge on any atom is 0.268 e. The maximum atomic E-state index is 11.4. The van der Waals surface area contributed by atoms with E-state index in [2.05, 4.69) is 25.9 Å². The minimum Gasteiger partial charge on any atom is -0.492 e. The Morgan fingerprint density at radius 3 is 2.67 bits per heavy atom. The molecule has 0 aliphatic carbocycles. The Hall–Kier alpha value is -0.540. The van der Waals surface area contributed by atoms with E-state index in [1.807, 2.05) is 24.3 Å². The van der Waals surface area contributed by atoms with Gasteiger partial charge in [0.1, 0.15) is 9.39 Å². The van der Waals surface area contributed by atoms with Crippen LogP contribution in [0.25, 0.3) is 0 Å². The van der Waals surface area contributed by atoms with E-state index in [9.17, 15) is 9.90 Å². The number of hydrogen-bond donors (Lipinski definition) is 2. The summed E-state index contributed by atoms with van der Waals surface area (Å²) in [6, 6.07) is 7.84. The van der Waals surface area contributed by atoms with Crippen molar-refractivity contribution in [3.63, 3.8) is 0 Å². The summed E-state index contributed by atoms with van der Waals surface area (Å²) in [6.45, 7) is 0. The van der Waals surface area contributed by atoms with Crippen LogP contribution in [0.15, 0.2) is 38.4 Å². The number of halogens is 2. The summed E-state index contributed by atoms with van der Waals surface area (Å²) in [5.41, 5.74) is -0.311. The zero-order valence-corrected chi connectivity index (χ0v) is 13.5. The summed E-state index contributed by atoms with van der Waals surface area (Å²) < 4.78 is 1.23. The molecule has 0 amide bonds. The molecule has 0 radical (unpaired) electrons. The molecular weight excluding hydrogens is 431 g/mol. The number of aromatic nitrogens is 2. The summed E-state index contributed by atoms with van der Waals surface area (Å²) in [6.07, 6.45) is 0. The first-order chi connectivity index (χ1) is 8.56. The molecule has 18 heavy (non-hydrogen) atoms. The highest BCUT2D eigenvalue weighted by atomic mass is 127. The van der Waals surface area contributed by atoms with Gasteiger partial charge in [-0.15, -0.1) is 11.8 Å². The Labute approximate surface area is 130 Å². The second-order valence-corrected chi connectivity index (χ2v) is 6.44. The maximum absolute atomic E-state index is 11.4. The molecule has 94 valence electrons. The van der Waals surface area contributed by atoms with Gasteiger partial charge in [0.15, 0.2) is 0 Å². The number of hydrogen-bond acceptors (Lipinski definition) is 4. The van der Waals surface area contributed by atoms with Gasteiger partial charge in [-0.25, -0.2) is 0 Å². The molecule has 0 spiro atoms. The highest BCUT2D eigenvalue weighted by Crippen LogP contribution is 2.23. The van der Waals surface area contributed by atoms with Crippen LogP contribution >= 0.6 is 50.3 Å². The third-order valence-corrected chi connectivity index (χ3v) is 4.61. The molecule has 2 N–H and O–H groups in total. The number of nitrogens with one attached hydrogen (secondary N) is 1. The average molecular weight is 439 g/mol. The topological polar surface area (TPSA) is 66.0 Å². The Morgan fingerprint density at radius 1 is 1.39 bits per heavy atom. The first-order valence-corrected chi connectivity index (χ1v) is 7.78. The van der Waals surface area contributed by atoms with Gasteiger partial charge in [0.2, 0.25) is 5.88 Å². The van der Waals surface area contributed by atoms with Gasteiger partial charge in [0.05, 0.1) is 5.75 Å². The van der Waals surface area contributed by atoms with Gasteiger partial charge in [-0.05, 0) is 46.9 Å². The fourth-order valence-corrected chi connectivity index (χ4v) is 2.53. The third-order valence-electron chi connectivity index (χ3n) is 2.08. The van der Waals surface area contributed by atoms with Crippen molar-refractivity contribution in [1.29, 1.82) is 0 Å². The predicted molar refractivity (Wildman–Crippen MR) is 82.9 cm³/mol. The van der Waals surface area contributed by atoms with Crippen LogP contribution in [0.1, 0.15) is 5.82 Å². The first-order valence-electron chi connectivity index (χ1n) is 4.92. The lowest BCUT2D eigenvalue weighted by atomic mass is 10.4. The number of H-pyrrole nitrogens is 1. The molecule has 0 unspecified atom stereocenters. The number of aromatic hydroxyl groups is 1. The van der Waals surface area contributed by atoms with Gasteiger partial charge < -0.3 is 10.1 Å². The zero-order chi connectivity index (χ0) is 13.1. The highest BCUT2D eigenvalue weighted by molar-refractivity contribution is 14.1. The molecule has 0 aliphatic rings. The van der Waals surface area contributed by atoms with Gasteiger partial charge >= 0.3 is 0 Å². The molecule has 1 aromatic heterocycles. The minimum atomic E-state index is -0.311. The molecule has 2 aromatic rings. The molecule has 0 atom stereocenters. The van der Waals surface area contributed by atoms with E-state index in [1.54, 1.807) is 22.6 Å². The molecule has 4 nitrogen and oxygen atoms in total. The summed E-state index contributed by atoms with van der Waals surface area (Å²) in [4.78, 5) is 19.1. The van der Waals surface area contributed by atoms with Crippen molar-refractivity contribution in [2.45, 2.75) is 10.6 Å². The van der Waals surface area contributed by atoms with E-state index in [0.29, 0.717) is 11.6 Å². The summed E-state index contributed by atoms with van der Waals surface area (Å²) in [7, 11) is 0. The Balaban J connectivity index is 2.11. The number of aromatic amines is 1. The van der Waals surface area contributed by atoms with Crippen LogP contribution < -0.4 is 5.56 Å². The van der Waals surface area contributed by atoms with Gasteiger partial charge in [0.25, 0.3) is 5.56 Å². The lowest BCUT2D eigenvalue weighted by molar-refractivity contribution is 0.444. The van der Waals surface area contributed by atoms with Crippen molar-refractivity contribution in [2.24, 2.45) is 0 Å². The molecule has 0 bridgehead atoms. The van der Waals surface area contributed by atoms with Gasteiger partial charge in [0, 0.05) is 9.37 Å². The van der Waals surface area contributed by atoms with Crippen molar-refractivity contribution in [3.05, 3.63) is 48.5 Å². The monoisotopic (exact) mass is 438 g/mol. The van der Waals surface area contributed by atoms with Crippen molar-refractivity contribution < 1.29 is 5.11 Å². The summed E-state index contributed by atoms with van der Waals surface area (Å²) >= 11 is 6.66. The van der Waals surface area contributed by atoms with E-state index >= 15 is 0 Å². The van der Waals surface area contributed by atoms with E-state index in [1.165, 1.54) is 11.8 Å². The van der Waals surface area contributed by atoms with Gasteiger partial charge in [-0.3, -0.25) is 4.79 Å². The lowest BCUT2D eigenvalue weighted by Crippen LogP contribution is -2.13. The van der Waals surface area contributed by atoms with Gasteiger partial charge in [-0.2, -0.15) is 4.98 Å². The van der Waals surface area contributed by atoms with Crippen molar-refractivity contribution in [2.75, 3.05) is 0 Å². The van der Waals surface area contributed by atoms with Crippen molar-refractivity contribution in [3.8, 4) is 5.88 Å². The molecule has 0 saturated heterocycles. The smallest absolute Gasteiger partial charge is 0.268 e. The zero-order valence-electron chi connectivity index (χ0n) is 8.98. The molecular formula is C11H8BrIN2O2S. The Bertz CT molecular complexity index is 615. The van der Waals surface area contributed by atoms with Crippen molar-refractivity contribution >= 4 is 50.3 Å². The second-order valence-electron chi connectivity index (χ2n) is 3.39. The normalized spacial score (nSPS) is 10.6. The fourth-order valence-electron chi connectivity index (χ4n) is 1.24. The number of thioether (sulfide) groups is 1.